The Kier molecular flexibility index (Phi) is 6.47. The number of nitrogens with one attached hydrogen (secondary N) is 1. The number of carbonyl (C=O) groups is 1. The first-order valence-electron chi connectivity index (χ1n) is 10.6. The van der Waals surface area contributed by atoms with Gasteiger partial charge in [0.15, 0.2) is 5.82 Å². The highest BCUT2D eigenvalue weighted by atomic mass is 16.5. The van der Waals surface area contributed by atoms with Crippen LogP contribution in [0.5, 0.6) is 5.88 Å². The number of hydrogen-bond acceptors (Lipinski definition) is 6. The summed E-state index contributed by atoms with van der Waals surface area (Å²) < 4.78 is 12.6. The molecule has 0 atom stereocenters. The minimum Gasteiger partial charge on any atom is -0.480 e. The van der Waals surface area contributed by atoms with Crippen molar-refractivity contribution >= 4 is 5.91 Å². The molecule has 0 saturated carbocycles. The topological polar surface area (TPSA) is 102 Å². The molecule has 0 radical (unpaired) electrons. The van der Waals surface area contributed by atoms with Crippen molar-refractivity contribution in [3.05, 3.63) is 59.4 Å². The molecule has 164 valence electrons. The maximum Gasteiger partial charge on any atom is 0.252 e. The van der Waals surface area contributed by atoms with E-state index in [-0.39, 0.29) is 5.91 Å². The fourth-order valence-corrected chi connectivity index (χ4v) is 3.85. The quantitative estimate of drug-likeness (QED) is 0.643. The molecule has 1 aliphatic rings. The molecule has 0 spiro atoms. The van der Waals surface area contributed by atoms with Crippen molar-refractivity contribution in [2.75, 3.05) is 26.9 Å². The van der Waals surface area contributed by atoms with Crippen molar-refractivity contribution in [2.45, 2.75) is 19.8 Å². The second-order valence-corrected chi connectivity index (χ2v) is 7.79. The summed E-state index contributed by atoms with van der Waals surface area (Å²) in [5, 5.41) is 16.5. The van der Waals surface area contributed by atoms with Gasteiger partial charge in [-0.15, -0.1) is 0 Å². The lowest BCUT2D eigenvalue weighted by molar-refractivity contribution is 0.0642. The molecule has 1 fully saturated rings. The van der Waals surface area contributed by atoms with Crippen molar-refractivity contribution in [1.82, 2.24) is 20.1 Å². The average molecular weight is 431 g/mol. The summed E-state index contributed by atoms with van der Waals surface area (Å²) in [6.45, 7) is 4.10. The fraction of sp³-hybridized carbons (Fsp3) is 0.333. The molecule has 8 nitrogen and oxygen atoms in total. The molecule has 1 aromatic carbocycles. The number of hydrogen-bond donors (Lipinski definition) is 1. The monoisotopic (exact) mass is 431 g/mol. The van der Waals surface area contributed by atoms with E-state index in [2.05, 4.69) is 21.5 Å². The van der Waals surface area contributed by atoms with Crippen molar-refractivity contribution < 1.29 is 14.3 Å². The number of aromatic nitrogens is 3. The summed E-state index contributed by atoms with van der Waals surface area (Å²) in [6.07, 6.45) is 5.20. The Morgan fingerprint density at radius 3 is 2.72 bits per heavy atom. The molecule has 1 aliphatic heterocycles. The van der Waals surface area contributed by atoms with E-state index in [0.717, 1.165) is 42.7 Å². The van der Waals surface area contributed by atoms with Gasteiger partial charge in [0.1, 0.15) is 0 Å². The maximum absolute atomic E-state index is 12.5. The van der Waals surface area contributed by atoms with Gasteiger partial charge in [-0.2, -0.15) is 15.0 Å². The Morgan fingerprint density at radius 2 is 2.06 bits per heavy atom. The van der Waals surface area contributed by atoms with Crippen LogP contribution in [0.3, 0.4) is 0 Å². The summed E-state index contributed by atoms with van der Waals surface area (Å²) in [5.41, 5.74) is 3.78. The van der Waals surface area contributed by atoms with Crippen molar-refractivity contribution in [1.29, 1.82) is 5.26 Å². The SMILES string of the molecule is COc1c(-c2ccc(C#N)cc2C)cnn1-c1ccc(C(=O)NCC2CCOCC2)cn1. The summed E-state index contributed by atoms with van der Waals surface area (Å²) in [6, 6.07) is 11.1. The van der Waals surface area contributed by atoms with E-state index in [1.807, 2.05) is 19.1 Å². The molecule has 1 amide bonds. The number of nitriles is 1. The Labute approximate surface area is 186 Å². The lowest BCUT2D eigenvalue weighted by Crippen LogP contribution is -2.32. The molecular formula is C24H25N5O3. The molecular weight excluding hydrogens is 406 g/mol. The van der Waals surface area contributed by atoms with Crippen LogP contribution in [0.1, 0.15) is 34.3 Å². The third-order valence-electron chi connectivity index (χ3n) is 5.68. The Morgan fingerprint density at radius 1 is 1.25 bits per heavy atom. The Bertz CT molecular complexity index is 1140. The van der Waals surface area contributed by atoms with E-state index < -0.39 is 0 Å². The lowest BCUT2D eigenvalue weighted by atomic mass is 10.0. The predicted molar refractivity (Wildman–Crippen MR) is 119 cm³/mol. The molecule has 0 unspecified atom stereocenters. The highest BCUT2D eigenvalue weighted by Crippen LogP contribution is 2.33. The van der Waals surface area contributed by atoms with Crippen LogP contribution in [0.2, 0.25) is 0 Å². The number of aryl methyl sites for hydroxylation is 1. The molecule has 0 bridgehead atoms. The molecule has 32 heavy (non-hydrogen) atoms. The first kappa shape index (κ1) is 21.5. The van der Waals surface area contributed by atoms with Crippen LogP contribution in [0, 0.1) is 24.2 Å². The predicted octanol–water partition coefficient (Wildman–Crippen LogP) is 3.28. The zero-order valence-corrected chi connectivity index (χ0v) is 18.2. The summed E-state index contributed by atoms with van der Waals surface area (Å²) >= 11 is 0. The fourth-order valence-electron chi connectivity index (χ4n) is 3.85. The second-order valence-electron chi connectivity index (χ2n) is 7.79. The van der Waals surface area contributed by atoms with Gasteiger partial charge in [0.05, 0.1) is 36.1 Å². The minimum atomic E-state index is -0.142. The highest BCUT2D eigenvalue weighted by molar-refractivity contribution is 5.93. The molecule has 3 heterocycles. The van der Waals surface area contributed by atoms with Crippen molar-refractivity contribution in [2.24, 2.45) is 5.92 Å². The van der Waals surface area contributed by atoms with Crippen LogP contribution in [0.25, 0.3) is 16.9 Å². The largest absolute Gasteiger partial charge is 0.480 e. The third kappa shape index (κ3) is 4.48. The highest BCUT2D eigenvalue weighted by Gasteiger charge is 2.18. The summed E-state index contributed by atoms with van der Waals surface area (Å²) in [4.78, 5) is 16.9. The van der Waals surface area contributed by atoms with Crippen LogP contribution >= 0.6 is 0 Å². The van der Waals surface area contributed by atoms with Gasteiger partial charge >= 0.3 is 0 Å². The normalized spacial score (nSPS) is 14.0. The van der Waals surface area contributed by atoms with E-state index in [9.17, 15) is 4.79 Å². The number of pyridine rings is 1. The van der Waals surface area contributed by atoms with Crippen LogP contribution < -0.4 is 10.1 Å². The summed E-state index contributed by atoms with van der Waals surface area (Å²) in [5.74, 6) is 1.39. The number of carbonyl (C=O) groups excluding carboxylic acids is 1. The molecule has 1 saturated heterocycles. The lowest BCUT2D eigenvalue weighted by Gasteiger charge is -2.22. The molecule has 0 aliphatic carbocycles. The zero-order chi connectivity index (χ0) is 22.5. The van der Waals surface area contributed by atoms with Crippen LogP contribution in [0.15, 0.2) is 42.7 Å². The van der Waals surface area contributed by atoms with Gasteiger partial charge in [-0.25, -0.2) is 4.98 Å². The zero-order valence-electron chi connectivity index (χ0n) is 18.2. The number of methoxy groups -OCH3 is 1. The maximum atomic E-state index is 12.5. The molecule has 4 rings (SSSR count). The number of nitrogens with zero attached hydrogens (tertiary/aromatic N) is 4. The van der Waals surface area contributed by atoms with Crippen LogP contribution in [-0.2, 0) is 4.74 Å². The van der Waals surface area contributed by atoms with E-state index in [4.69, 9.17) is 14.7 Å². The van der Waals surface area contributed by atoms with Crippen molar-refractivity contribution in [3.8, 4) is 28.9 Å². The Balaban J connectivity index is 1.52. The van der Waals surface area contributed by atoms with E-state index in [0.29, 0.717) is 35.3 Å². The van der Waals surface area contributed by atoms with Crippen LogP contribution in [-0.4, -0.2) is 47.5 Å². The van der Waals surface area contributed by atoms with E-state index >= 15 is 0 Å². The van der Waals surface area contributed by atoms with E-state index in [1.165, 1.54) is 0 Å². The minimum absolute atomic E-state index is 0.142. The van der Waals surface area contributed by atoms with Gasteiger partial charge in [-0.1, -0.05) is 6.07 Å². The van der Waals surface area contributed by atoms with Gasteiger partial charge in [-0.05, 0) is 61.1 Å². The molecule has 2 aromatic heterocycles. The van der Waals surface area contributed by atoms with Gasteiger partial charge in [0, 0.05) is 26.0 Å². The standard InChI is InChI=1S/C24H25N5O3/c1-16-11-18(12-25)3-5-20(16)21-15-28-29(24(21)31-2)22-6-4-19(14-26-22)23(30)27-13-17-7-9-32-10-8-17/h3-6,11,14-15,17H,7-10,13H2,1-2H3,(H,27,30). The number of rotatable bonds is 6. The summed E-state index contributed by atoms with van der Waals surface area (Å²) in [7, 11) is 1.58. The third-order valence-corrected chi connectivity index (χ3v) is 5.68. The van der Waals surface area contributed by atoms with Gasteiger partial charge in [0.2, 0.25) is 5.88 Å². The smallest absolute Gasteiger partial charge is 0.252 e. The number of benzene rings is 1. The van der Waals surface area contributed by atoms with E-state index in [1.54, 1.807) is 42.4 Å². The van der Waals surface area contributed by atoms with Crippen molar-refractivity contribution in [3.63, 3.8) is 0 Å². The Hall–Kier alpha value is -3.70. The second kappa shape index (κ2) is 9.62. The molecule has 1 N–H and O–H groups in total. The molecule has 3 aromatic rings. The van der Waals surface area contributed by atoms with Gasteiger partial charge in [0.25, 0.3) is 5.91 Å². The number of amides is 1. The van der Waals surface area contributed by atoms with Crippen LogP contribution in [0.4, 0.5) is 0 Å². The number of ether oxygens (including phenoxy) is 2. The van der Waals surface area contributed by atoms with Gasteiger partial charge in [-0.3, -0.25) is 4.79 Å². The first-order valence-corrected chi connectivity index (χ1v) is 10.6. The molecule has 8 heteroatoms. The van der Waals surface area contributed by atoms with Gasteiger partial charge < -0.3 is 14.8 Å². The first-order chi connectivity index (χ1) is 15.6. The average Bonchev–Trinajstić information content (AvgIpc) is 3.27.